The smallest absolute Gasteiger partial charge is 0.239 e. The Morgan fingerprint density at radius 3 is 2.56 bits per heavy atom. The first-order valence-corrected chi connectivity index (χ1v) is 6.14. The minimum absolute atomic E-state index is 0.0344. The fourth-order valence-electron chi connectivity index (χ4n) is 1.74. The molecule has 0 aliphatic carbocycles. The number of carbonyl (C=O) groups is 1. The second kappa shape index (κ2) is 6.40. The van der Waals surface area contributed by atoms with Crippen molar-refractivity contribution in [3.8, 4) is 5.75 Å². The molecule has 1 aromatic carbocycles. The first-order chi connectivity index (χ1) is 8.45. The van der Waals surface area contributed by atoms with Gasteiger partial charge in [-0.2, -0.15) is 0 Å². The van der Waals surface area contributed by atoms with Crippen molar-refractivity contribution >= 4 is 5.91 Å². The highest BCUT2D eigenvalue weighted by Crippen LogP contribution is 2.16. The third-order valence-corrected chi connectivity index (χ3v) is 2.78. The van der Waals surface area contributed by atoms with Crippen LogP contribution in [0.25, 0.3) is 0 Å². The van der Waals surface area contributed by atoms with Crippen LogP contribution >= 0.6 is 0 Å². The molecule has 4 heteroatoms. The average molecular weight is 250 g/mol. The highest BCUT2D eigenvalue weighted by molar-refractivity contribution is 5.81. The predicted octanol–water partition coefficient (Wildman–Crippen LogP) is 1.78. The van der Waals surface area contributed by atoms with Gasteiger partial charge in [0.2, 0.25) is 5.91 Å². The van der Waals surface area contributed by atoms with Crippen molar-refractivity contribution in [1.82, 2.24) is 4.90 Å². The number of carbonyl (C=O) groups excluding carboxylic acids is 1. The Kier molecular flexibility index (Phi) is 5.16. The fraction of sp³-hybridized carbons (Fsp3) is 0.500. The SMILES string of the molecule is COc1cccc(CN(C(=O)C(C)N)C(C)C)c1. The van der Waals surface area contributed by atoms with E-state index >= 15 is 0 Å². The lowest BCUT2D eigenvalue weighted by Crippen LogP contribution is -2.45. The highest BCUT2D eigenvalue weighted by Gasteiger charge is 2.20. The van der Waals surface area contributed by atoms with Crippen molar-refractivity contribution in [3.63, 3.8) is 0 Å². The molecule has 0 aliphatic heterocycles. The summed E-state index contributed by atoms with van der Waals surface area (Å²) < 4.78 is 5.18. The molecule has 0 fully saturated rings. The first kappa shape index (κ1) is 14.5. The van der Waals surface area contributed by atoms with E-state index in [-0.39, 0.29) is 11.9 Å². The summed E-state index contributed by atoms with van der Waals surface area (Å²) in [5.74, 6) is 0.761. The lowest BCUT2D eigenvalue weighted by atomic mass is 10.1. The molecule has 18 heavy (non-hydrogen) atoms. The van der Waals surface area contributed by atoms with Crippen LogP contribution in [0.4, 0.5) is 0 Å². The zero-order valence-corrected chi connectivity index (χ0v) is 11.5. The Morgan fingerprint density at radius 1 is 1.39 bits per heavy atom. The second-order valence-electron chi connectivity index (χ2n) is 4.70. The Bertz CT molecular complexity index is 403. The molecule has 100 valence electrons. The number of amides is 1. The molecule has 0 spiro atoms. The summed E-state index contributed by atoms with van der Waals surface area (Å²) in [7, 11) is 1.63. The summed E-state index contributed by atoms with van der Waals surface area (Å²) in [4.78, 5) is 13.8. The van der Waals surface area contributed by atoms with E-state index in [1.165, 1.54) is 0 Å². The molecule has 0 saturated heterocycles. The summed E-state index contributed by atoms with van der Waals surface area (Å²) in [6.45, 7) is 6.24. The number of hydrogen-bond donors (Lipinski definition) is 1. The van der Waals surface area contributed by atoms with Crippen LogP contribution in [0.2, 0.25) is 0 Å². The number of nitrogens with two attached hydrogens (primary N) is 1. The van der Waals surface area contributed by atoms with E-state index in [0.717, 1.165) is 11.3 Å². The summed E-state index contributed by atoms with van der Waals surface area (Å²) in [6.07, 6.45) is 0. The first-order valence-electron chi connectivity index (χ1n) is 6.14. The summed E-state index contributed by atoms with van der Waals surface area (Å²) >= 11 is 0. The maximum absolute atomic E-state index is 12.0. The van der Waals surface area contributed by atoms with Gasteiger partial charge in [-0.25, -0.2) is 0 Å². The fourth-order valence-corrected chi connectivity index (χ4v) is 1.74. The van der Waals surface area contributed by atoms with Crippen molar-refractivity contribution in [2.45, 2.75) is 39.4 Å². The van der Waals surface area contributed by atoms with Crippen LogP contribution < -0.4 is 10.5 Å². The van der Waals surface area contributed by atoms with Gasteiger partial charge in [-0.3, -0.25) is 4.79 Å². The van der Waals surface area contributed by atoms with E-state index in [1.54, 1.807) is 18.9 Å². The molecule has 1 unspecified atom stereocenters. The molecular weight excluding hydrogens is 228 g/mol. The molecule has 0 saturated carbocycles. The monoisotopic (exact) mass is 250 g/mol. The van der Waals surface area contributed by atoms with Crippen LogP contribution in [0.1, 0.15) is 26.3 Å². The Labute approximate surface area is 109 Å². The third-order valence-electron chi connectivity index (χ3n) is 2.78. The van der Waals surface area contributed by atoms with Crippen molar-refractivity contribution in [1.29, 1.82) is 0 Å². The average Bonchev–Trinajstić information content (AvgIpc) is 2.35. The van der Waals surface area contributed by atoms with Gasteiger partial charge in [0.1, 0.15) is 5.75 Å². The minimum Gasteiger partial charge on any atom is -0.497 e. The van der Waals surface area contributed by atoms with E-state index in [2.05, 4.69) is 0 Å². The van der Waals surface area contributed by atoms with Crippen LogP contribution in [0.3, 0.4) is 0 Å². The van der Waals surface area contributed by atoms with E-state index < -0.39 is 6.04 Å². The molecule has 0 aliphatic rings. The quantitative estimate of drug-likeness (QED) is 0.866. The lowest BCUT2D eigenvalue weighted by Gasteiger charge is -2.28. The molecule has 1 rings (SSSR count). The maximum Gasteiger partial charge on any atom is 0.239 e. The number of ether oxygens (including phenoxy) is 1. The van der Waals surface area contributed by atoms with Crippen LogP contribution in [0, 0.1) is 0 Å². The van der Waals surface area contributed by atoms with Gasteiger partial charge < -0.3 is 15.4 Å². The van der Waals surface area contributed by atoms with Crippen LogP contribution in [-0.2, 0) is 11.3 Å². The van der Waals surface area contributed by atoms with Gasteiger partial charge in [-0.05, 0) is 38.5 Å². The number of nitrogens with zero attached hydrogens (tertiary/aromatic N) is 1. The number of rotatable bonds is 5. The van der Waals surface area contributed by atoms with E-state index in [4.69, 9.17) is 10.5 Å². The van der Waals surface area contributed by atoms with E-state index in [9.17, 15) is 4.79 Å². The third kappa shape index (κ3) is 3.74. The van der Waals surface area contributed by atoms with Gasteiger partial charge >= 0.3 is 0 Å². The van der Waals surface area contributed by atoms with Crippen LogP contribution in [0.15, 0.2) is 24.3 Å². The molecule has 0 aromatic heterocycles. The number of methoxy groups -OCH3 is 1. The molecule has 1 aromatic rings. The van der Waals surface area contributed by atoms with Gasteiger partial charge in [0.15, 0.2) is 0 Å². The van der Waals surface area contributed by atoms with Gasteiger partial charge in [0.25, 0.3) is 0 Å². The summed E-state index contributed by atoms with van der Waals surface area (Å²) in [5.41, 5.74) is 6.71. The highest BCUT2D eigenvalue weighted by atomic mass is 16.5. The number of benzene rings is 1. The van der Waals surface area contributed by atoms with E-state index in [0.29, 0.717) is 6.54 Å². The molecule has 1 amide bonds. The molecule has 1 atom stereocenters. The predicted molar refractivity (Wildman–Crippen MR) is 72.3 cm³/mol. The van der Waals surface area contributed by atoms with E-state index in [1.807, 2.05) is 38.1 Å². The Balaban J connectivity index is 2.86. The largest absolute Gasteiger partial charge is 0.497 e. The standard InChI is InChI=1S/C14H22N2O2/c1-10(2)16(14(17)11(3)15)9-12-6-5-7-13(8-12)18-4/h5-8,10-11H,9,15H2,1-4H3. The minimum atomic E-state index is -0.474. The van der Waals surface area contributed by atoms with Gasteiger partial charge in [-0.1, -0.05) is 12.1 Å². The number of hydrogen-bond acceptors (Lipinski definition) is 3. The molecule has 0 heterocycles. The van der Waals surface area contributed by atoms with Crippen molar-refractivity contribution in [2.75, 3.05) is 7.11 Å². The Morgan fingerprint density at radius 2 is 2.06 bits per heavy atom. The summed E-state index contributed by atoms with van der Waals surface area (Å²) in [5, 5.41) is 0. The molecule has 0 bridgehead atoms. The lowest BCUT2D eigenvalue weighted by molar-refractivity contribution is -0.134. The zero-order valence-electron chi connectivity index (χ0n) is 11.5. The van der Waals surface area contributed by atoms with Crippen molar-refractivity contribution < 1.29 is 9.53 Å². The maximum atomic E-state index is 12.0. The summed E-state index contributed by atoms with van der Waals surface area (Å²) in [6, 6.07) is 7.36. The molecule has 0 radical (unpaired) electrons. The van der Waals surface area contributed by atoms with Crippen LogP contribution in [-0.4, -0.2) is 30.0 Å². The van der Waals surface area contributed by atoms with Gasteiger partial charge in [0, 0.05) is 12.6 Å². The topological polar surface area (TPSA) is 55.6 Å². The Hall–Kier alpha value is -1.55. The van der Waals surface area contributed by atoms with Gasteiger partial charge in [0.05, 0.1) is 13.2 Å². The second-order valence-corrected chi connectivity index (χ2v) is 4.70. The van der Waals surface area contributed by atoms with Crippen molar-refractivity contribution in [2.24, 2.45) is 5.73 Å². The van der Waals surface area contributed by atoms with Crippen LogP contribution in [0.5, 0.6) is 5.75 Å². The normalized spacial score (nSPS) is 12.3. The molecule has 2 N–H and O–H groups in total. The van der Waals surface area contributed by atoms with Crippen molar-refractivity contribution in [3.05, 3.63) is 29.8 Å². The molecular formula is C14H22N2O2. The zero-order chi connectivity index (χ0) is 13.7. The molecule has 4 nitrogen and oxygen atoms in total. The van der Waals surface area contributed by atoms with Gasteiger partial charge in [-0.15, -0.1) is 0 Å².